The number of halogens is 2. The molecule has 1 atom stereocenters. The summed E-state index contributed by atoms with van der Waals surface area (Å²) in [6.45, 7) is 3.06. The van der Waals surface area contributed by atoms with Crippen LogP contribution in [-0.4, -0.2) is 14.7 Å². The van der Waals surface area contributed by atoms with E-state index in [-0.39, 0.29) is 0 Å². The quantitative estimate of drug-likeness (QED) is 0.838. The van der Waals surface area contributed by atoms with Crippen molar-refractivity contribution in [3.05, 3.63) is 50.9 Å². The van der Waals surface area contributed by atoms with E-state index in [1.807, 2.05) is 24.4 Å². The van der Waals surface area contributed by atoms with Gasteiger partial charge in [-0.3, -0.25) is 0 Å². The van der Waals surface area contributed by atoms with Crippen LogP contribution in [0.5, 0.6) is 0 Å². The number of aryl methyl sites for hydroxylation is 1. The van der Waals surface area contributed by atoms with E-state index in [0.717, 1.165) is 33.3 Å². The maximum atomic E-state index is 10.4. The van der Waals surface area contributed by atoms with Crippen LogP contribution in [0.25, 0.3) is 0 Å². The van der Waals surface area contributed by atoms with Gasteiger partial charge in [-0.1, -0.05) is 44.8 Å². The molecule has 0 spiro atoms. The van der Waals surface area contributed by atoms with Gasteiger partial charge in [-0.05, 0) is 24.1 Å². The summed E-state index contributed by atoms with van der Waals surface area (Å²) in [4.78, 5) is 4.33. The topological polar surface area (TPSA) is 38.0 Å². The molecule has 1 aromatic carbocycles. The molecule has 3 nitrogen and oxygen atoms in total. The van der Waals surface area contributed by atoms with Crippen LogP contribution in [-0.2, 0) is 13.0 Å². The second-order valence-electron chi connectivity index (χ2n) is 4.42. The van der Waals surface area contributed by atoms with Crippen molar-refractivity contribution in [1.29, 1.82) is 0 Å². The van der Waals surface area contributed by atoms with Crippen molar-refractivity contribution in [2.24, 2.45) is 0 Å². The Morgan fingerprint density at radius 2 is 2.16 bits per heavy atom. The fourth-order valence-electron chi connectivity index (χ4n) is 2.03. The fraction of sp³-hybridized carbons (Fsp3) is 0.357. The summed E-state index contributed by atoms with van der Waals surface area (Å²) in [5.74, 6) is 0.921. The van der Waals surface area contributed by atoms with E-state index in [4.69, 9.17) is 0 Å². The Bertz CT molecular complexity index is 554. The minimum absolute atomic E-state index is 0.521. The molecular weight excluding hydrogens is 372 g/mol. The van der Waals surface area contributed by atoms with Gasteiger partial charge >= 0.3 is 0 Å². The van der Waals surface area contributed by atoms with E-state index in [9.17, 15) is 5.11 Å². The van der Waals surface area contributed by atoms with Crippen molar-refractivity contribution >= 4 is 31.9 Å². The summed E-state index contributed by atoms with van der Waals surface area (Å²) in [7, 11) is 0. The van der Waals surface area contributed by atoms with Crippen LogP contribution in [0.15, 0.2) is 39.5 Å². The molecule has 0 fully saturated rings. The summed E-state index contributed by atoms with van der Waals surface area (Å²) >= 11 is 6.89. The standard InChI is InChI=1S/C14H16Br2N2O/c1-2-6-18-7-5-17-14(18)9-13(19)11-4-3-10(15)8-12(11)16/h3-5,7-8,13,19H,2,6,9H2,1H3. The Kier molecular flexibility index (Phi) is 5.19. The first kappa shape index (κ1) is 14.8. The molecule has 2 rings (SSSR count). The van der Waals surface area contributed by atoms with Gasteiger partial charge in [-0.15, -0.1) is 0 Å². The van der Waals surface area contributed by atoms with Crippen molar-refractivity contribution in [1.82, 2.24) is 9.55 Å². The molecule has 0 aliphatic carbocycles. The summed E-state index contributed by atoms with van der Waals surface area (Å²) < 4.78 is 3.99. The molecule has 0 saturated heterocycles. The summed E-state index contributed by atoms with van der Waals surface area (Å²) in [5, 5.41) is 10.4. The van der Waals surface area contributed by atoms with Gasteiger partial charge in [0, 0.05) is 34.3 Å². The molecule has 1 aromatic heterocycles. The van der Waals surface area contributed by atoms with Crippen LogP contribution >= 0.6 is 31.9 Å². The second-order valence-corrected chi connectivity index (χ2v) is 6.19. The molecule has 0 aliphatic heterocycles. The van der Waals surface area contributed by atoms with Crippen molar-refractivity contribution < 1.29 is 5.11 Å². The van der Waals surface area contributed by atoms with Gasteiger partial charge < -0.3 is 9.67 Å². The number of aliphatic hydroxyl groups is 1. The zero-order valence-corrected chi connectivity index (χ0v) is 13.9. The van der Waals surface area contributed by atoms with E-state index in [2.05, 4.69) is 48.3 Å². The molecule has 1 unspecified atom stereocenters. The molecular formula is C14H16Br2N2O. The number of hydrogen-bond donors (Lipinski definition) is 1. The molecule has 0 saturated carbocycles. The third-order valence-corrected chi connectivity index (χ3v) is 4.14. The van der Waals surface area contributed by atoms with Crippen molar-refractivity contribution in [3.63, 3.8) is 0 Å². The van der Waals surface area contributed by atoms with Crippen LogP contribution in [0.2, 0.25) is 0 Å². The Hall–Kier alpha value is -0.650. The Labute approximate surface area is 129 Å². The number of benzene rings is 1. The first-order chi connectivity index (χ1) is 9.11. The molecule has 1 heterocycles. The van der Waals surface area contributed by atoms with E-state index in [0.29, 0.717) is 6.42 Å². The average Bonchev–Trinajstić information content (AvgIpc) is 2.77. The number of imidazole rings is 1. The molecule has 0 bridgehead atoms. The van der Waals surface area contributed by atoms with Crippen LogP contribution in [0, 0.1) is 0 Å². The summed E-state index contributed by atoms with van der Waals surface area (Å²) in [6.07, 6.45) is 4.77. The third kappa shape index (κ3) is 3.68. The SMILES string of the molecule is CCCn1ccnc1CC(O)c1ccc(Br)cc1Br. The third-order valence-electron chi connectivity index (χ3n) is 2.96. The lowest BCUT2D eigenvalue weighted by atomic mass is 10.1. The highest BCUT2D eigenvalue weighted by Crippen LogP contribution is 2.28. The van der Waals surface area contributed by atoms with Gasteiger partial charge in [-0.25, -0.2) is 4.98 Å². The van der Waals surface area contributed by atoms with E-state index >= 15 is 0 Å². The first-order valence-corrected chi connectivity index (χ1v) is 7.83. The van der Waals surface area contributed by atoms with Crippen LogP contribution in [0.3, 0.4) is 0 Å². The zero-order valence-electron chi connectivity index (χ0n) is 10.7. The normalized spacial score (nSPS) is 12.6. The van der Waals surface area contributed by atoms with Crippen LogP contribution in [0.1, 0.15) is 30.8 Å². The van der Waals surface area contributed by atoms with E-state index in [1.165, 1.54) is 0 Å². The molecule has 0 amide bonds. The monoisotopic (exact) mass is 386 g/mol. The maximum Gasteiger partial charge on any atom is 0.111 e. The minimum atomic E-state index is -0.555. The second kappa shape index (κ2) is 6.68. The van der Waals surface area contributed by atoms with Crippen LogP contribution < -0.4 is 0 Å². The van der Waals surface area contributed by atoms with Gasteiger partial charge in [0.2, 0.25) is 0 Å². The molecule has 0 radical (unpaired) electrons. The lowest BCUT2D eigenvalue weighted by molar-refractivity contribution is 0.173. The summed E-state index contributed by atoms with van der Waals surface area (Å²) in [6, 6.07) is 5.80. The first-order valence-electron chi connectivity index (χ1n) is 6.24. The highest BCUT2D eigenvalue weighted by Gasteiger charge is 2.15. The van der Waals surface area contributed by atoms with Gasteiger partial charge in [0.05, 0.1) is 6.10 Å². The highest BCUT2D eigenvalue weighted by molar-refractivity contribution is 9.11. The summed E-state index contributed by atoms with van der Waals surface area (Å²) in [5.41, 5.74) is 0.884. The zero-order chi connectivity index (χ0) is 13.8. The predicted octanol–water partition coefficient (Wildman–Crippen LogP) is 4.09. The van der Waals surface area contributed by atoms with Crippen molar-refractivity contribution in [2.75, 3.05) is 0 Å². The van der Waals surface area contributed by atoms with Gasteiger partial charge in [-0.2, -0.15) is 0 Å². The molecule has 19 heavy (non-hydrogen) atoms. The molecule has 2 aromatic rings. The lowest BCUT2D eigenvalue weighted by Gasteiger charge is -2.14. The number of aromatic nitrogens is 2. The fourth-order valence-corrected chi connectivity index (χ4v) is 3.34. The number of rotatable bonds is 5. The van der Waals surface area contributed by atoms with Crippen molar-refractivity contribution in [2.45, 2.75) is 32.4 Å². The Morgan fingerprint density at radius 3 is 2.84 bits per heavy atom. The average molecular weight is 388 g/mol. The molecule has 1 N–H and O–H groups in total. The number of nitrogens with zero attached hydrogens (tertiary/aromatic N) is 2. The van der Waals surface area contributed by atoms with Gasteiger partial charge in [0.15, 0.2) is 0 Å². The lowest BCUT2D eigenvalue weighted by Crippen LogP contribution is -2.09. The highest BCUT2D eigenvalue weighted by atomic mass is 79.9. The largest absolute Gasteiger partial charge is 0.388 e. The Morgan fingerprint density at radius 1 is 1.37 bits per heavy atom. The van der Waals surface area contributed by atoms with Gasteiger partial charge in [0.1, 0.15) is 5.82 Å². The number of hydrogen-bond acceptors (Lipinski definition) is 2. The smallest absolute Gasteiger partial charge is 0.111 e. The van der Waals surface area contributed by atoms with Gasteiger partial charge in [0.25, 0.3) is 0 Å². The van der Waals surface area contributed by atoms with Crippen LogP contribution in [0.4, 0.5) is 0 Å². The van der Waals surface area contributed by atoms with E-state index < -0.39 is 6.10 Å². The number of aliphatic hydroxyl groups excluding tert-OH is 1. The molecule has 5 heteroatoms. The van der Waals surface area contributed by atoms with E-state index in [1.54, 1.807) is 6.20 Å². The Balaban J connectivity index is 2.16. The maximum absolute atomic E-state index is 10.4. The predicted molar refractivity (Wildman–Crippen MR) is 83.0 cm³/mol. The molecule has 102 valence electrons. The van der Waals surface area contributed by atoms with Crippen molar-refractivity contribution in [3.8, 4) is 0 Å². The minimum Gasteiger partial charge on any atom is -0.388 e. The molecule has 0 aliphatic rings.